The van der Waals surface area contributed by atoms with Crippen molar-refractivity contribution in [3.8, 4) is 11.5 Å². The van der Waals surface area contributed by atoms with E-state index in [4.69, 9.17) is 14.2 Å². The number of carbonyl (C=O) groups excluding carboxylic acids is 3. The molecule has 0 bridgehead atoms. The number of ketones is 1. The van der Waals surface area contributed by atoms with Crippen LogP contribution in [0.1, 0.15) is 37.8 Å². The van der Waals surface area contributed by atoms with Crippen molar-refractivity contribution in [1.82, 2.24) is 4.90 Å². The molecule has 0 aliphatic carbocycles. The van der Waals surface area contributed by atoms with E-state index >= 15 is 0 Å². The Morgan fingerprint density at radius 2 is 1.41 bits per heavy atom. The molecule has 2 aromatic rings. The first-order chi connectivity index (χ1) is 16.4. The Morgan fingerprint density at radius 3 is 1.82 bits per heavy atom. The molecule has 0 radical (unpaired) electrons. The summed E-state index contributed by atoms with van der Waals surface area (Å²) in [5.74, 6) is -0.650. The Labute approximate surface area is 201 Å². The quantitative estimate of drug-likeness (QED) is 0.205. The smallest absolute Gasteiger partial charge is 0.330 e. The van der Waals surface area contributed by atoms with Crippen molar-refractivity contribution >= 4 is 17.7 Å². The molecule has 1 heterocycles. The van der Waals surface area contributed by atoms with Crippen LogP contribution in [0.4, 0.5) is 0 Å². The fourth-order valence-electron chi connectivity index (χ4n) is 4.30. The van der Waals surface area contributed by atoms with E-state index in [0.29, 0.717) is 12.8 Å². The van der Waals surface area contributed by atoms with Crippen LogP contribution in [-0.4, -0.2) is 55.5 Å². The zero-order valence-corrected chi connectivity index (χ0v) is 20.3. The zero-order chi connectivity index (χ0) is 24.7. The van der Waals surface area contributed by atoms with Crippen molar-refractivity contribution in [3.63, 3.8) is 0 Å². The van der Waals surface area contributed by atoms with E-state index in [2.05, 4.69) is 0 Å². The van der Waals surface area contributed by atoms with E-state index in [1.165, 1.54) is 6.92 Å². The van der Waals surface area contributed by atoms with Crippen molar-refractivity contribution in [2.45, 2.75) is 51.6 Å². The van der Waals surface area contributed by atoms with Crippen LogP contribution >= 0.6 is 0 Å². The van der Waals surface area contributed by atoms with Gasteiger partial charge >= 0.3 is 5.97 Å². The Morgan fingerprint density at radius 1 is 0.912 bits per heavy atom. The SMILES string of the molecule is CCCCOC(=O)C1C(C(C)=O)C(=O)N1C(Cc1ccc(OC)cc1)Cc1ccc(OC)cc1. The average molecular weight is 468 g/mol. The van der Waals surface area contributed by atoms with Gasteiger partial charge in [-0.2, -0.15) is 0 Å². The second kappa shape index (κ2) is 11.7. The Hall–Kier alpha value is -3.35. The summed E-state index contributed by atoms with van der Waals surface area (Å²) in [5.41, 5.74) is 1.99. The number of ether oxygens (including phenoxy) is 3. The van der Waals surface area contributed by atoms with Crippen LogP contribution in [0.25, 0.3) is 0 Å². The summed E-state index contributed by atoms with van der Waals surface area (Å²) in [7, 11) is 3.22. The number of rotatable bonds is 12. The van der Waals surface area contributed by atoms with Crippen LogP contribution < -0.4 is 9.47 Å². The molecule has 1 amide bonds. The fraction of sp³-hybridized carbons (Fsp3) is 0.444. The molecule has 3 rings (SSSR count). The first-order valence-electron chi connectivity index (χ1n) is 11.6. The monoisotopic (exact) mass is 467 g/mol. The third-order valence-corrected chi connectivity index (χ3v) is 6.21. The molecule has 7 heteroatoms. The number of β-lactam (4-membered cyclic amide) rings is 1. The maximum atomic E-state index is 13.1. The lowest BCUT2D eigenvalue weighted by Crippen LogP contribution is -2.70. The zero-order valence-electron chi connectivity index (χ0n) is 20.3. The maximum absolute atomic E-state index is 13.1. The molecule has 34 heavy (non-hydrogen) atoms. The molecule has 0 N–H and O–H groups in total. The van der Waals surface area contributed by atoms with Gasteiger partial charge in [0, 0.05) is 6.04 Å². The molecule has 1 aliphatic rings. The minimum Gasteiger partial charge on any atom is -0.497 e. The number of likely N-dealkylation sites (tertiary alicyclic amines) is 1. The van der Waals surface area contributed by atoms with E-state index in [9.17, 15) is 14.4 Å². The van der Waals surface area contributed by atoms with Gasteiger partial charge < -0.3 is 19.1 Å². The molecule has 0 spiro atoms. The molecular formula is C27H33NO6. The third kappa shape index (κ3) is 5.76. The number of amides is 1. The molecule has 1 fully saturated rings. The van der Waals surface area contributed by atoms with Crippen molar-refractivity contribution in [2.24, 2.45) is 5.92 Å². The van der Waals surface area contributed by atoms with Crippen molar-refractivity contribution in [3.05, 3.63) is 59.7 Å². The van der Waals surface area contributed by atoms with Crippen LogP contribution in [0, 0.1) is 5.92 Å². The molecule has 2 aromatic carbocycles. The second-order valence-electron chi connectivity index (χ2n) is 8.56. The van der Waals surface area contributed by atoms with E-state index in [1.54, 1.807) is 19.1 Å². The molecule has 1 aliphatic heterocycles. The molecule has 182 valence electrons. The van der Waals surface area contributed by atoms with E-state index in [1.807, 2.05) is 55.5 Å². The lowest BCUT2D eigenvalue weighted by molar-refractivity contribution is -0.180. The van der Waals surface area contributed by atoms with Crippen LogP contribution in [0.3, 0.4) is 0 Å². The number of methoxy groups -OCH3 is 2. The molecule has 0 saturated carbocycles. The van der Waals surface area contributed by atoms with Crippen molar-refractivity contribution in [1.29, 1.82) is 0 Å². The normalized spacial score (nSPS) is 17.3. The lowest BCUT2D eigenvalue weighted by atomic mass is 9.80. The van der Waals surface area contributed by atoms with Gasteiger partial charge in [0.2, 0.25) is 5.91 Å². The minimum absolute atomic E-state index is 0.278. The number of esters is 1. The molecule has 1 saturated heterocycles. The summed E-state index contributed by atoms with van der Waals surface area (Å²) in [6.45, 7) is 3.64. The minimum atomic E-state index is -0.983. The molecule has 0 aromatic heterocycles. The maximum Gasteiger partial charge on any atom is 0.330 e. The van der Waals surface area contributed by atoms with Gasteiger partial charge in [0.15, 0.2) is 0 Å². The number of hydrogen-bond acceptors (Lipinski definition) is 6. The van der Waals surface area contributed by atoms with Crippen LogP contribution in [-0.2, 0) is 32.0 Å². The predicted octanol–water partition coefficient (Wildman–Crippen LogP) is 3.62. The number of carbonyl (C=O) groups is 3. The predicted molar refractivity (Wildman–Crippen MR) is 128 cm³/mol. The van der Waals surface area contributed by atoms with Gasteiger partial charge in [-0.25, -0.2) is 4.79 Å². The molecule has 7 nitrogen and oxygen atoms in total. The van der Waals surface area contributed by atoms with Gasteiger partial charge in [-0.05, 0) is 61.6 Å². The van der Waals surface area contributed by atoms with Gasteiger partial charge in [0.25, 0.3) is 0 Å². The van der Waals surface area contributed by atoms with E-state index in [-0.39, 0.29) is 24.3 Å². The topological polar surface area (TPSA) is 82.1 Å². The fourth-order valence-corrected chi connectivity index (χ4v) is 4.30. The summed E-state index contributed by atoms with van der Waals surface area (Å²) in [4.78, 5) is 39.8. The van der Waals surface area contributed by atoms with Gasteiger partial charge in [0.05, 0.1) is 20.8 Å². The summed E-state index contributed by atoms with van der Waals surface area (Å²) in [6.07, 6.45) is 2.66. The lowest BCUT2D eigenvalue weighted by Gasteiger charge is -2.48. The van der Waals surface area contributed by atoms with Crippen molar-refractivity contribution in [2.75, 3.05) is 20.8 Å². The first kappa shape index (κ1) is 25.3. The Kier molecular flexibility index (Phi) is 8.68. The van der Waals surface area contributed by atoms with Gasteiger partial charge in [-0.1, -0.05) is 37.6 Å². The molecule has 2 atom stereocenters. The van der Waals surface area contributed by atoms with Crippen LogP contribution in [0.5, 0.6) is 11.5 Å². The number of hydrogen-bond donors (Lipinski definition) is 0. The molecule has 2 unspecified atom stereocenters. The largest absolute Gasteiger partial charge is 0.497 e. The first-order valence-corrected chi connectivity index (χ1v) is 11.6. The summed E-state index contributed by atoms with van der Waals surface area (Å²) < 4.78 is 15.9. The highest BCUT2D eigenvalue weighted by atomic mass is 16.5. The van der Waals surface area contributed by atoms with Crippen LogP contribution in [0.2, 0.25) is 0 Å². The van der Waals surface area contributed by atoms with E-state index in [0.717, 1.165) is 35.5 Å². The highest BCUT2D eigenvalue weighted by Crippen LogP contribution is 2.34. The van der Waals surface area contributed by atoms with Gasteiger partial charge in [-0.15, -0.1) is 0 Å². The summed E-state index contributed by atoms with van der Waals surface area (Å²) in [5, 5.41) is 0. The van der Waals surface area contributed by atoms with Gasteiger partial charge in [-0.3, -0.25) is 9.59 Å². The highest BCUT2D eigenvalue weighted by Gasteiger charge is 2.56. The average Bonchev–Trinajstić information content (AvgIpc) is 2.83. The number of unbranched alkanes of at least 4 members (excludes halogenated alkanes) is 1. The van der Waals surface area contributed by atoms with E-state index < -0.39 is 17.9 Å². The Balaban J connectivity index is 1.89. The van der Waals surface area contributed by atoms with Gasteiger partial charge in [0.1, 0.15) is 29.2 Å². The Bertz CT molecular complexity index is 936. The summed E-state index contributed by atoms with van der Waals surface area (Å²) in [6, 6.07) is 14.0. The molecular weight excluding hydrogens is 434 g/mol. The summed E-state index contributed by atoms with van der Waals surface area (Å²) >= 11 is 0. The number of nitrogens with zero attached hydrogens (tertiary/aromatic N) is 1. The third-order valence-electron chi connectivity index (χ3n) is 6.21. The second-order valence-corrected chi connectivity index (χ2v) is 8.56. The standard InChI is InChI=1S/C27H33NO6/c1-5-6-15-34-27(31)25-24(18(2)29)26(30)28(25)21(16-19-7-11-22(32-3)12-8-19)17-20-9-13-23(33-4)14-10-20/h7-14,21,24-25H,5-6,15-17H2,1-4H3. The van der Waals surface area contributed by atoms with Crippen molar-refractivity contribution < 1.29 is 28.6 Å². The highest BCUT2D eigenvalue weighted by molar-refractivity contribution is 6.11. The number of benzene rings is 2. The number of Topliss-reactive ketones (excluding diaryl/α,β-unsaturated/α-hetero) is 1. The van der Waals surface area contributed by atoms with Crippen LogP contribution in [0.15, 0.2) is 48.5 Å².